The number of hydrogen-bond acceptors (Lipinski definition) is 5. The zero-order valence-corrected chi connectivity index (χ0v) is 11.2. The highest BCUT2D eigenvalue weighted by atomic mass is 16.5. The van der Waals surface area contributed by atoms with E-state index in [-0.39, 0.29) is 0 Å². The summed E-state index contributed by atoms with van der Waals surface area (Å²) in [4.78, 5) is 4.07. The highest BCUT2D eigenvalue weighted by Crippen LogP contribution is 2.27. The average molecular weight is 270 g/mol. The number of rotatable bonds is 4. The Morgan fingerprint density at radius 2 is 2.00 bits per heavy atom. The Labute approximate surface area is 117 Å². The van der Waals surface area contributed by atoms with Gasteiger partial charge in [0.25, 0.3) is 0 Å². The molecular weight excluding hydrogens is 256 g/mol. The van der Waals surface area contributed by atoms with Gasteiger partial charge in [0.1, 0.15) is 11.5 Å². The highest BCUT2D eigenvalue weighted by molar-refractivity contribution is 5.45. The molecule has 0 bridgehead atoms. The first-order chi connectivity index (χ1) is 9.62. The lowest BCUT2D eigenvalue weighted by Gasteiger charge is -2.09. The Kier molecular flexibility index (Phi) is 4.18. The molecule has 1 N–H and O–H groups in total. The number of aromatic nitrogens is 1. The number of nitriles is 1. The maximum absolute atomic E-state index is 9.53. The molecule has 1 heterocycles. The van der Waals surface area contributed by atoms with E-state index in [4.69, 9.17) is 14.7 Å². The molecule has 2 aromatic rings. The molecule has 1 aromatic carbocycles. The molecule has 1 atom stereocenters. The normalized spacial score (nSPS) is 11.5. The Morgan fingerprint density at radius 3 is 2.65 bits per heavy atom. The predicted octanol–water partition coefficient (Wildman–Crippen LogP) is 2.81. The molecule has 0 aliphatic heterocycles. The summed E-state index contributed by atoms with van der Waals surface area (Å²) < 4.78 is 10.7. The van der Waals surface area contributed by atoms with Crippen LogP contribution >= 0.6 is 0 Å². The maximum atomic E-state index is 9.53. The van der Waals surface area contributed by atoms with Crippen molar-refractivity contribution >= 4 is 0 Å². The van der Waals surface area contributed by atoms with E-state index in [9.17, 15) is 5.11 Å². The van der Waals surface area contributed by atoms with Gasteiger partial charge in [-0.05, 0) is 30.7 Å². The number of nitrogens with zero attached hydrogens (tertiary/aromatic N) is 2. The van der Waals surface area contributed by atoms with Crippen molar-refractivity contribution in [3.05, 3.63) is 47.7 Å². The third kappa shape index (κ3) is 3.25. The average Bonchev–Trinajstić information content (AvgIpc) is 2.47. The van der Waals surface area contributed by atoms with Gasteiger partial charge >= 0.3 is 0 Å². The van der Waals surface area contributed by atoms with E-state index in [1.807, 2.05) is 6.07 Å². The second kappa shape index (κ2) is 6.04. The number of pyridine rings is 1. The van der Waals surface area contributed by atoms with Crippen molar-refractivity contribution in [3.8, 4) is 23.4 Å². The summed E-state index contributed by atoms with van der Waals surface area (Å²) in [6.45, 7) is 1.67. The second-order valence-corrected chi connectivity index (χ2v) is 4.21. The third-order valence-corrected chi connectivity index (χ3v) is 2.71. The first-order valence-electron chi connectivity index (χ1n) is 6.03. The van der Waals surface area contributed by atoms with Gasteiger partial charge in [-0.1, -0.05) is 0 Å². The molecule has 2 rings (SSSR count). The van der Waals surface area contributed by atoms with E-state index in [1.165, 1.54) is 7.11 Å². The standard InChI is InChI=1S/C15H14N2O3/c1-10(18)12-3-4-17-15(7-12)20-14-6-11(9-16)5-13(8-14)19-2/h3-8,10,18H,1-2H3/t10-/m0/s1. The van der Waals surface area contributed by atoms with Crippen molar-refractivity contribution in [2.24, 2.45) is 0 Å². The van der Waals surface area contributed by atoms with Gasteiger partial charge in [0.2, 0.25) is 5.88 Å². The van der Waals surface area contributed by atoms with Gasteiger partial charge in [0.05, 0.1) is 24.8 Å². The number of ether oxygens (including phenoxy) is 2. The van der Waals surface area contributed by atoms with Crippen LogP contribution in [0.3, 0.4) is 0 Å². The monoisotopic (exact) mass is 270 g/mol. The molecule has 0 aliphatic rings. The number of hydrogen-bond donors (Lipinski definition) is 1. The molecule has 0 saturated heterocycles. The minimum Gasteiger partial charge on any atom is -0.497 e. The quantitative estimate of drug-likeness (QED) is 0.924. The van der Waals surface area contributed by atoms with Crippen molar-refractivity contribution in [1.29, 1.82) is 5.26 Å². The van der Waals surface area contributed by atoms with E-state index in [1.54, 1.807) is 43.5 Å². The summed E-state index contributed by atoms with van der Waals surface area (Å²) in [7, 11) is 1.52. The van der Waals surface area contributed by atoms with Crippen molar-refractivity contribution in [2.45, 2.75) is 13.0 Å². The van der Waals surface area contributed by atoms with Crippen LogP contribution in [0.25, 0.3) is 0 Å². The third-order valence-electron chi connectivity index (χ3n) is 2.71. The van der Waals surface area contributed by atoms with Gasteiger partial charge in [-0.2, -0.15) is 5.26 Å². The predicted molar refractivity (Wildman–Crippen MR) is 72.7 cm³/mol. The van der Waals surface area contributed by atoms with E-state index in [0.29, 0.717) is 28.5 Å². The van der Waals surface area contributed by atoms with Crippen LogP contribution in [0.15, 0.2) is 36.5 Å². The lowest BCUT2D eigenvalue weighted by Crippen LogP contribution is -1.95. The molecular formula is C15H14N2O3. The van der Waals surface area contributed by atoms with Crippen LogP contribution in [0.5, 0.6) is 17.4 Å². The highest BCUT2D eigenvalue weighted by Gasteiger charge is 2.07. The van der Waals surface area contributed by atoms with Crippen LogP contribution in [-0.4, -0.2) is 17.2 Å². The Balaban J connectivity index is 2.30. The number of aliphatic hydroxyl groups excluding tert-OH is 1. The fourth-order valence-electron chi connectivity index (χ4n) is 1.67. The SMILES string of the molecule is COc1cc(C#N)cc(Oc2cc([C@H](C)O)ccn2)c1. The van der Waals surface area contributed by atoms with Crippen LogP contribution in [0.1, 0.15) is 24.2 Å². The van der Waals surface area contributed by atoms with Crippen LogP contribution in [-0.2, 0) is 0 Å². The largest absolute Gasteiger partial charge is 0.497 e. The lowest BCUT2D eigenvalue weighted by molar-refractivity contribution is 0.198. The maximum Gasteiger partial charge on any atom is 0.219 e. The molecule has 0 radical (unpaired) electrons. The zero-order valence-electron chi connectivity index (χ0n) is 11.2. The number of benzene rings is 1. The van der Waals surface area contributed by atoms with Gasteiger partial charge in [0, 0.05) is 18.3 Å². The zero-order chi connectivity index (χ0) is 14.5. The molecule has 102 valence electrons. The molecule has 1 aromatic heterocycles. The van der Waals surface area contributed by atoms with Crippen molar-refractivity contribution in [2.75, 3.05) is 7.11 Å². The van der Waals surface area contributed by atoms with Crippen molar-refractivity contribution in [1.82, 2.24) is 4.98 Å². The second-order valence-electron chi connectivity index (χ2n) is 4.21. The molecule has 0 amide bonds. The molecule has 0 unspecified atom stereocenters. The lowest BCUT2D eigenvalue weighted by atomic mass is 10.2. The van der Waals surface area contributed by atoms with E-state index < -0.39 is 6.10 Å². The summed E-state index contributed by atoms with van der Waals surface area (Å²) in [6.07, 6.45) is 0.961. The Bertz CT molecular complexity index is 648. The summed E-state index contributed by atoms with van der Waals surface area (Å²) in [5, 5.41) is 18.5. The first-order valence-corrected chi connectivity index (χ1v) is 6.03. The van der Waals surface area contributed by atoms with Crippen LogP contribution in [0.4, 0.5) is 0 Å². The van der Waals surface area contributed by atoms with E-state index in [0.717, 1.165) is 0 Å². The smallest absolute Gasteiger partial charge is 0.219 e. The van der Waals surface area contributed by atoms with Gasteiger partial charge in [-0.25, -0.2) is 4.98 Å². The molecule has 0 aliphatic carbocycles. The van der Waals surface area contributed by atoms with E-state index >= 15 is 0 Å². The van der Waals surface area contributed by atoms with Crippen molar-refractivity contribution < 1.29 is 14.6 Å². The Hall–Kier alpha value is -2.58. The number of methoxy groups -OCH3 is 1. The molecule has 0 saturated carbocycles. The molecule has 5 heteroatoms. The summed E-state index contributed by atoms with van der Waals surface area (Å²) in [6, 6.07) is 10.3. The summed E-state index contributed by atoms with van der Waals surface area (Å²) in [5.74, 6) is 1.34. The van der Waals surface area contributed by atoms with Crippen LogP contribution in [0.2, 0.25) is 0 Å². The van der Waals surface area contributed by atoms with Crippen LogP contribution in [0, 0.1) is 11.3 Å². The molecule has 0 fully saturated rings. The molecule has 5 nitrogen and oxygen atoms in total. The van der Waals surface area contributed by atoms with Gasteiger partial charge < -0.3 is 14.6 Å². The Morgan fingerprint density at radius 1 is 1.25 bits per heavy atom. The van der Waals surface area contributed by atoms with Crippen molar-refractivity contribution in [3.63, 3.8) is 0 Å². The minimum absolute atomic E-state index is 0.348. The summed E-state index contributed by atoms with van der Waals surface area (Å²) in [5.41, 5.74) is 1.14. The van der Waals surface area contributed by atoms with Gasteiger partial charge in [-0.3, -0.25) is 0 Å². The first kappa shape index (κ1) is 13.8. The molecule has 0 spiro atoms. The minimum atomic E-state index is -0.597. The van der Waals surface area contributed by atoms with E-state index in [2.05, 4.69) is 4.98 Å². The van der Waals surface area contributed by atoms with Gasteiger partial charge in [-0.15, -0.1) is 0 Å². The molecule has 20 heavy (non-hydrogen) atoms. The van der Waals surface area contributed by atoms with Crippen LogP contribution < -0.4 is 9.47 Å². The van der Waals surface area contributed by atoms with Gasteiger partial charge in [0.15, 0.2) is 0 Å². The topological polar surface area (TPSA) is 75.4 Å². The fourth-order valence-corrected chi connectivity index (χ4v) is 1.67. The fraction of sp³-hybridized carbons (Fsp3) is 0.200. The number of aliphatic hydroxyl groups is 1. The summed E-state index contributed by atoms with van der Waals surface area (Å²) >= 11 is 0.